The van der Waals surface area contributed by atoms with E-state index in [4.69, 9.17) is 18.5 Å². The minimum atomic E-state index is -3.71. The Balaban J connectivity index is 0.000000188. The first-order chi connectivity index (χ1) is 23.0. The number of aromatic nitrogens is 2. The van der Waals surface area contributed by atoms with Gasteiger partial charge in [0.1, 0.15) is 11.5 Å². The van der Waals surface area contributed by atoms with Crippen molar-refractivity contribution in [1.29, 1.82) is 0 Å². The highest BCUT2D eigenvalue weighted by Gasteiger charge is 2.18. The molecule has 0 fully saturated rings. The summed E-state index contributed by atoms with van der Waals surface area (Å²) in [4.78, 5) is 0.294. The first-order valence-corrected chi connectivity index (χ1v) is 17.3. The Morgan fingerprint density at radius 1 is 0.500 bits per heavy atom. The van der Waals surface area contributed by atoms with E-state index in [2.05, 4.69) is 19.8 Å². The quantitative estimate of drug-likeness (QED) is 0.154. The molecule has 14 heteroatoms. The van der Waals surface area contributed by atoms with Crippen LogP contribution >= 0.6 is 0 Å². The Hall–Kier alpha value is -5.60. The number of nitrogens with one attached hydrogen (secondary N) is 2. The van der Waals surface area contributed by atoms with E-state index in [1.54, 1.807) is 76.6 Å². The van der Waals surface area contributed by atoms with Crippen molar-refractivity contribution in [3.63, 3.8) is 0 Å². The largest absolute Gasteiger partial charge is 0.497 e. The lowest BCUT2D eigenvalue weighted by Gasteiger charge is -2.07. The Bertz CT molecular complexity index is 2020. The maximum atomic E-state index is 12.3. The second-order valence-electron chi connectivity index (χ2n) is 10.4. The van der Waals surface area contributed by atoms with Crippen LogP contribution in [0.25, 0.3) is 22.3 Å². The third kappa shape index (κ3) is 8.40. The van der Waals surface area contributed by atoms with Crippen molar-refractivity contribution in [1.82, 2.24) is 10.3 Å². The molecule has 0 saturated heterocycles. The number of nitrogens with zero attached hydrogens (tertiary/aromatic N) is 2. The van der Waals surface area contributed by atoms with Gasteiger partial charge in [0.15, 0.2) is 0 Å². The zero-order chi connectivity index (χ0) is 34.3. The molecule has 0 saturated carbocycles. The molecule has 248 valence electrons. The van der Waals surface area contributed by atoms with Crippen molar-refractivity contribution in [2.45, 2.75) is 23.6 Å². The minimum absolute atomic E-state index is 0.0896. The fraction of sp³-hybridized carbons (Fsp3) is 0.118. The summed E-state index contributed by atoms with van der Waals surface area (Å²) in [7, 11) is -4.21. The molecule has 0 bridgehead atoms. The van der Waals surface area contributed by atoms with Gasteiger partial charge in [-0.2, -0.15) is 0 Å². The first-order valence-electron chi connectivity index (χ1n) is 14.4. The fourth-order valence-electron chi connectivity index (χ4n) is 4.43. The summed E-state index contributed by atoms with van der Waals surface area (Å²) in [6.45, 7) is 3.43. The average molecular weight is 689 g/mol. The molecule has 0 radical (unpaired) electrons. The van der Waals surface area contributed by atoms with Crippen molar-refractivity contribution < 1.29 is 35.4 Å². The number of ether oxygens (including phenoxy) is 2. The van der Waals surface area contributed by atoms with E-state index >= 15 is 0 Å². The standard InChI is InChI=1S/2C17H16N2O4S/c2*1-12-11-17(23-18-12)19-24(20,21)16-9-5-14(6-10-16)13-3-7-15(22-2)8-4-13/h2*3-11,19H,1-2H3. The van der Waals surface area contributed by atoms with Crippen molar-refractivity contribution >= 4 is 31.8 Å². The molecule has 4 aromatic carbocycles. The van der Waals surface area contributed by atoms with Crippen LogP contribution in [0.15, 0.2) is 128 Å². The molecule has 2 aromatic heterocycles. The molecule has 0 amide bonds. The monoisotopic (exact) mass is 688 g/mol. The van der Waals surface area contributed by atoms with Crippen molar-refractivity contribution in [3.8, 4) is 33.8 Å². The highest BCUT2D eigenvalue weighted by atomic mass is 32.2. The van der Waals surface area contributed by atoms with E-state index in [-0.39, 0.29) is 21.6 Å². The van der Waals surface area contributed by atoms with Crippen LogP contribution in [0.4, 0.5) is 11.8 Å². The molecular formula is C34H32N4O8S2. The topological polar surface area (TPSA) is 163 Å². The molecule has 0 atom stereocenters. The van der Waals surface area contributed by atoms with E-state index in [1.807, 2.05) is 48.5 Å². The zero-order valence-corrected chi connectivity index (χ0v) is 28.0. The van der Waals surface area contributed by atoms with Crippen LogP contribution in [0.1, 0.15) is 11.4 Å². The summed E-state index contributed by atoms with van der Waals surface area (Å²) in [5.74, 6) is 1.72. The summed E-state index contributed by atoms with van der Waals surface area (Å²) >= 11 is 0. The Morgan fingerprint density at radius 2 is 0.792 bits per heavy atom. The fourth-order valence-corrected chi connectivity index (χ4v) is 6.37. The number of hydrogen-bond donors (Lipinski definition) is 2. The highest BCUT2D eigenvalue weighted by Crippen LogP contribution is 2.26. The van der Waals surface area contributed by atoms with Gasteiger partial charge in [0, 0.05) is 12.1 Å². The molecule has 48 heavy (non-hydrogen) atoms. The molecule has 6 rings (SSSR count). The van der Waals surface area contributed by atoms with Crippen LogP contribution < -0.4 is 18.9 Å². The van der Waals surface area contributed by atoms with E-state index in [1.165, 1.54) is 12.1 Å². The Kier molecular flexibility index (Phi) is 10.2. The van der Waals surface area contributed by atoms with Crippen LogP contribution in [0, 0.1) is 13.8 Å². The molecule has 2 N–H and O–H groups in total. The molecule has 2 heterocycles. The van der Waals surface area contributed by atoms with Gasteiger partial charge in [-0.3, -0.25) is 0 Å². The number of sulfonamides is 2. The SMILES string of the molecule is COc1ccc(-c2ccc(S(=O)(=O)Nc3cc(C)no3)cc2)cc1.COc1ccc(-c2ccc(S(=O)(=O)Nc3cc(C)no3)cc2)cc1. The van der Waals surface area contributed by atoms with E-state index in [0.29, 0.717) is 11.4 Å². The Labute approximate surface area is 278 Å². The highest BCUT2D eigenvalue weighted by molar-refractivity contribution is 7.93. The summed E-state index contributed by atoms with van der Waals surface area (Å²) in [5, 5.41) is 7.30. The normalized spacial score (nSPS) is 11.2. The molecule has 12 nitrogen and oxygen atoms in total. The van der Waals surface area contributed by atoms with Gasteiger partial charge in [0.2, 0.25) is 11.8 Å². The second kappa shape index (κ2) is 14.4. The first kappa shape index (κ1) is 33.8. The molecular weight excluding hydrogens is 657 g/mol. The van der Waals surface area contributed by atoms with Crippen LogP contribution in [0.2, 0.25) is 0 Å². The van der Waals surface area contributed by atoms with Crippen molar-refractivity contribution in [2.24, 2.45) is 0 Å². The summed E-state index contributed by atoms with van der Waals surface area (Å²) in [5.41, 5.74) is 4.96. The van der Waals surface area contributed by atoms with Crippen molar-refractivity contribution in [3.05, 3.63) is 121 Å². The van der Waals surface area contributed by atoms with Gasteiger partial charge in [-0.15, -0.1) is 0 Å². The van der Waals surface area contributed by atoms with Crippen LogP contribution in [0.3, 0.4) is 0 Å². The number of rotatable bonds is 10. The van der Waals surface area contributed by atoms with Crippen LogP contribution in [0.5, 0.6) is 11.5 Å². The summed E-state index contributed by atoms with van der Waals surface area (Å²) < 4.78 is 74.0. The van der Waals surface area contributed by atoms with E-state index in [0.717, 1.165) is 33.8 Å². The van der Waals surface area contributed by atoms with Gasteiger partial charge in [-0.05, 0) is 84.6 Å². The van der Waals surface area contributed by atoms with E-state index in [9.17, 15) is 16.8 Å². The third-order valence-electron chi connectivity index (χ3n) is 6.90. The number of benzene rings is 4. The second-order valence-corrected chi connectivity index (χ2v) is 13.7. The Morgan fingerprint density at radius 3 is 1.04 bits per heavy atom. The predicted molar refractivity (Wildman–Crippen MR) is 181 cm³/mol. The van der Waals surface area contributed by atoms with Gasteiger partial charge >= 0.3 is 0 Å². The molecule has 0 spiro atoms. The van der Waals surface area contributed by atoms with Gasteiger partial charge in [0.25, 0.3) is 20.0 Å². The number of methoxy groups -OCH3 is 2. The smallest absolute Gasteiger partial charge is 0.264 e. The molecule has 0 aliphatic rings. The van der Waals surface area contributed by atoms with Gasteiger partial charge < -0.3 is 18.5 Å². The summed E-state index contributed by atoms with van der Waals surface area (Å²) in [6.07, 6.45) is 0. The molecule has 0 aliphatic carbocycles. The molecule has 0 aliphatic heterocycles. The van der Waals surface area contributed by atoms with Gasteiger partial charge in [-0.25, -0.2) is 26.3 Å². The number of aryl methyl sites for hydroxylation is 2. The lowest BCUT2D eigenvalue weighted by molar-refractivity contribution is 0.415. The lowest BCUT2D eigenvalue weighted by atomic mass is 10.1. The molecule has 6 aromatic rings. The predicted octanol–water partition coefficient (Wildman–Crippen LogP) is 6.92. The minimum Gasteiger partial charge on any atom is -0.497 e. The maximum absolute atomic E-state index is 12.3. The maximum Gasteiger partial charge on any atom is 0.264 e. The number of hydrogen-bond acceptors (Lipinski definition) is 10. The number of anilines is 2. The lowest BCUT2D eigenvalue weighted by Crippen LogP contribution is -2.12. The van der Waals surface area contributed by atoms with Gasteiger partial charge in [-0.1, -0.05) is 58.8 Å². The third-order valence-corrected chi connectivity index (χ3v) is 9.63. The van der Waals surface area contributed by atoms with E-state index < -0.39 is 20.0 Å². The van der Waals surface area contributed by atoms with Crippen LogP contribution in [-0.4, -0.2) is 41.4 Å². The van der Waals surface area contributed by atoms with Gasteiger partial charge in [0.05, 0.1) is 35.4 Å². The summed E-state index contributed by atoms with van der Waals surface area (Å²) in [6, 6.07) is 31.3. The van der Waals surface area contributed by atoms with Crippen molar-refractivity contribution in [2.75, 3.05) is 23.7 Å². The molecule has 0 unspecified atom stereocenters. The zero-order valence-electron chi connectivity index (χ0n) is 26.4. The van der Waals surface area contributed by atoms with Crippen LogP contribution in [-0.2, 0) is 20.0 Å². The average Bonchev–Trinajstić information content (AvgIpc) is 3.70.